The number of aromatic hydroxyl groups is 1. The van der Waals surface area contributed by atoms with E-state index in [0.29, 0.717) is 12.0 Å². The zero-order chi connectivity index (χ0) is 12.1. The smallest absolute Gasteiger partial charge is 0.341 e. The van der Waals surface area contributed by atoms with E-state index in [0.717, 1.165) is 0 Å². The lowest BCUT2D eigenvalue weighted by Crippen LogP contribution is -2.04. The maximum Gasteiger partial charge on any atom is 0.341 e. The minimum atomic E-state index is -0.660. The summed E-state index contributed by atoms with van der Waals surface area (Å²) in [6.07, 6.45) is 0.596. The van der Waals surface area contributed by atoms with Gasteiger partial charge in [0.15, 0.2) is 0 Å². The summed E-state index contributed by atoms with van der Waals surface area (Å²) >= 11 is 0. The molecule has 0 atom stereocenters. The van der Waals surface area contributed by atoms with Crippen LogP contribution in [0.2, 0.25) is 0 Å². The van der Waals surface area contributed by atoms with Crippen LogP contribution in [0.3, 0.4) is 0 Å². The Hall–Kier alpha value is -2.04. The van der Waals surface area contributed by atoms with Crippen molar-refractivity contribution in [2.75, 3.05) is 14.2 Å². The van der Waals surface area contributed by atoms with Crippen LogP contribution in [0.4, 0.5) is 0 Å². The number of ether oxygens (including phenoxy) is 2. The zero-order valence-electron chi connectivity index (χ0n) is 9.02. The summed E-state index contributed by atoms with van der Waals surface area (Å²) in [5.41, 5.74) is 0.292. The van der Waals surface area contributed by atoms with Gasteiger partial charge < -0.3 is 19.4 Å². The molecule has 5 nitrogen and oxygen atoms in total. The van der Waals surface area contributed by atoms with E-state index in [9.17, 15) is 14.7 Å². The second-order valence-corrected chi connectivity index (χ2v) is 3.00. The number of hydrogen-bond acceptors (Lipinski definition) is 5. The van der Waals surface area contributed by atoms with Gasteiger partial charge in [0.05, 0.1) is 14.2 Å². The minimum Gasteiger partial charge on any atom is -0.507 e. The van der Waals surface area contributed by atoms with Gasteiger partial charge in [-0.3, -0.25) is 0 Å². The first kappa shape index (κ1) is 12.0. The standard InChI is InChI=1S/C11H12O5/c1-15-9-4-3-8(11(14)16-2)10(13)7(9)5-6-12/h3-4,6,13H,5H2,1-2H3. The van der Waals surface area contributed by atoms with E-state index in [1.165, 1.54) is 26.4 Å². The predicted molar refractivity (Wildman–Crippen MR) is 55.8 cm³/mol. The van der Waals surface area contributed by atoms with E-state index >= 15 is 0 Å². The second-order valence-electron chi connectivity index (χ2n) is 3.00. The van der Waals surface area contributed by atoms with E-state index < -0.39 is 5.97 Å². The molecule has 1 aromatic carbocycles. The molecule has 1 aromatic rings. The third-order valence-corrected chi connectivity index (χ3v) is 2.15. The lowest BCUT2D eigenvalue weighted by Gasteiger charge is -2.10. The molecule has 0 spiro atoms. The molecule has 0 aliphatic heterocycles. The van der Waals surface area contributed by atoms with Gasteiger partial charge in [-0.15, -0.1) is 0 Å². The first-order chi connectivity index (χ1) is 7.65. The Balaban J connectivity index is 3.30. The average molecular weight is 224 g/mol. The van der Waals surface area contributed by atoms with E-state index in [2.05, 4.69) is 4.74 Å². The van der Waals surface area contributed by atoms with Gasteiger partial charge >= 0.3 is 5.97 Å². The third-order valence-electron chi connectivity index (χ3n) is 2.15. The quantitative estimate of drug-likeness (QED) is 0.608. The van der Waals surface area contributed by atoms with Crippen LogP contribution in [-0.4, -0.2) is 31.6 Å². The lowest BCUT2D eigenvalue weighted by molar-refractivity contribution is -0.107. The summed E-state index contributed by atoms with van der Waals surface area (Å²) in [7, 11) is 2.63. The van der Waals surface area contributed by atoms with Crippen molar-refractivity contribution < 1.29 is 24.2 Å². The molecule has 16 heavy (non-hydrogen) atoms. The number of phenols is 1. The highest BCUT2D eigenvalue weighted by Crippen LogP contribution is 2.31. The molecule has 86 valence electrons. The topological polar surface area (TPSA) is 72.8 Å². The molecule has 0 saturated heterocycles. The predicted octanol–water partition coefficient (Wildman–Crippen LogP) is 0.929. The number of carbonyl (C=O) groups excluding carboxylic acids is 2. The molecule has 0 amide bonds. The van der Waals surface area contributed by atoms with Crippen LogP contribution in [0.1, 0.15) is 15.9 Å². The van der Waals surface area contributed by atoms with Crippen molar-refractivity contribution in [2.45, 2.75) is 6.42 Å². The van der Waals surface area contributed by atoms with Crippen molar-refractivity contribution in [2.24, 2.45) is 0 Å². The van der Waals surface area contributed by atoms with Crippen LogP contribution in [0.15, 0.2) is 12.1 Å². The number of esters is 1. The van der Waals surface area contributed by atoms with Gasteiger partial charge in [-0.2, -0.15) is 0 Å². The summed E-state index contributed by atoms with van der Waals surface area (Å²) in [5, 5.41) is 9.79. The molecular formula is C11H12O5. The number of aldehydes is 1. The summed E-state index contributed by atoms with van der Waals surface area (Å²) < 4.78 is 9.47. The van der Waals surface area contributed by atoms with Gasteiger partial charge in [0.1, 0.15) is 23.3 Å². The van der Waals surface area contributed by atoms with Crippen molar-refractivity contribution in [3.63, 3.8) is 0 Å². The minimum absolute atomic E-state index is 0.0140. The first-order valence-corrected chi connectivity index (χ1v) is 4.56. The molecule has 1 rings (SSSR count). The van der Waals surface area contributed by atoms with E-state index in [4.69, 9.17) is 4.74 Å². The van der Waals surface area contributed by atoms with Crippen molar-refractivity contribution in [1.29, 1.82) is 0 Å². The Morgan fingerprint density at radius 3 is 2.62 bits per heavy atom. The van der Waals surface area contributed by atoms with Gasteiger partial charge in [-0.1, -0.05) is 0 Å². The molecule has 0 unspecified atom stereocenters. The zero-order valence-corrected chi connectivity index (χ0v) is 9.02. The molecule has 5 heteroatoms. The van der Waals surface area contributed by atoms with Crippen LogP contribution < -0.4 is 4.74 Å². The number of rotatable bonds is 4. The molecular weight excluding hydrogens is 212 g/mol. The molecule has 0 radical (unpaired) electrons. The Labute approximate surface area is 92.6 Å². The fourth-order valence-corrected chi connectivity index (χ4v) is 1.36. The van der Waals surface area contributed by atoms with Crippen LogP contribution in [0.25, 0.3) is 0 Å². The maximum absolute atomic E-state index is 11.3. The van der Waals surface area contributed by atoms with Gasteiger partial charge in [0.25, 0.3) is 0 Å². The number of phenolic OH excluding ortho intramolecular Hbond substituents is 1. The fourth-order valence-electron chi connectivity index (χ4n) is 1.36. The number of carbonyl (C=O) groups is 2. The number of benzene rings is 1. The van der Waals surface area contributed by atoms with Crippen LogP contribution in [0, 0.1) is 0 Å². The molecule has 0 saturated carbocycles. The Morgan fingerprint density at radius 1 is 1.44 bits per heavy atom. The van der Waals surface area contributed by atoms with E-state index in [1.807, 2.05) is 0 Å². The van der Waals surface area contributed by atoms with Gasteiger partial charge in [0.2, 0.25) is 0 Å². The summed E-state index contributed by atoms with van der Waals surface area (Å²) in [6, 6.07) is 2.89. The highest BCUT2D eigenvalue weighted by molar-refractivity contribution is 5.93. The van der Waals surface area contributed by atoms with Crippen molar-refractivity contribution in [3.8, 4) is 11.5 Å². The Morgan fingerprint density at radius 2 is 2.12 bits per heavy atom. The molecule has 0 bridgehead atoms. The van der Waals surface area contributed by atoms with Gasteiger partial charge in [-0.05, 0) is 12.1 Å². The largest absolute Gasteiger partial charge is 0.507 e. The monoisotopic (exact) mass is 224 g/mol. The van der Waals surface area contributed by atoms with Gasteiger partial charge in [0, 0.05) is 12.0 Å². The molecule has 0 aliphatic rings. The van der Waals surface area contributed by atoms with Crippen molar-refractivity contribution >= 4 is 12.3 Å². The normalized spacial score (nSPS) is 9.62. The maximum atomic E-state index is 11.3. The van der Waals surface area contributed by atoms with Gasteiger partial charge in [-0.25, -0.2) is 4.79 Å². The van der Waals surface area contributed by atoms with Crippen LogP contribution in [-0.2, 0) is 16.0 Å². The molecule has 0 heterocycles. The first-order valence-electron chi connectivity index (χ1n) is 4.56. The second kappa shape index (κ2) is 5.16. The molecule has 0 aromatic heterocycles. The number of hydrogen-bond donors (Lipinski definition) is 1. The highest BCUT2D eigenvalue weighted by Gasteiger charge is 2.18. The summed E-state index contributed by atoms with van der Waals surface area (Å²) in [6.45, 7) is 0. The van der Waals surface area contributed by atoms with Crippen molar-refractivity contribution in [3.05, 3.63) is 23.3 Å². The Bertz CT molecular complexity index is 411. The highest BCUT2D eigenvalue weighted by atomic mass is 16.5. The van der Waals surface area contributed by atoms with Crippen molar-refractivity contribution in [1.82, 2.24) is 0 Å². The average Bonchev–Trinajstić information content (AvgIpc) is 2.31. The summed E-state index contributed by atoms with van der Waals surface area (Å²) in [4.78, 5) is 21.7. The van der Waals surface area contributed by atoms with E-state index in [1.54, 1.807) is 0 Å². The van der Waals surface area contributed by atoms with Crippen LogP contribution >= 0.6 is 0 Å². The molecule has 1 N–H and O–H groups in total. The van der Waals surface area contributed by atoms with Crippen LogP contribution in [0.5, 0.6) is 11.5 Å². The molecule has 0 aliphatic carbocycles. The summed E-state index contributed by atoms with van der Waals surface area (Å²) in [5.74, 6) is -0.581. The molecule has 0 fully saturated rings. The third kappa shape index (κ3) is 2.13. The fraction of sp³-hybridized carbons (Fsp3) is 0.273. The SMILES string of the molecule is COC(=O)c1ccc(OC)c(CC=O)c1O. The Kier molecular flexibility index (Phi) is 3.88. The van der Waals surface area contributed by atoms with E-state index in [-0.39, 0.29) is 23.3 Å². The lowest BCUT2D eigenvalue weighted by atomic mass is 10.1. The number of methoxy groups -OCH3 is 2.